The predicted octanol–water partition coefficient (Wildman–Crippen LogP) is 21.0. The average Bonchev–Trinajstić information content (AvgIpc) is 3.41. The Morgan fingerprint density at radius 2 is 0.772 bits per heavy atom. The van der Waals surface area contributed by atoms with Crippen LogP contribution in [0.1, 0.15) is 316 Å². The van der Waals surface area contributed by atoms with E-state index in [0.29, 0.717) is 17.4 Å². The SMILES string of the molecule is CCCCC/C=C\C/C=C\CCCCCCCCCCCCCCCC(=O)OC(/C=C/CCCCCCCCCCC)C(COP(=O)(O)OCC[N+](C)(C)C)NC(=O)CCCCCCCCCCC/C=C\C/C=C\CCCCC. The van der Waals surface area contributed by atoms with Gasteiger partial charge in [-0.2, -0.15) is 0 Å². The number of phosphoric acid groups is 1. The van der Waals surface area contributed by atoms with Gasteiger partial charge in [-0.05, 0) is 96.0 Å². The summed E-state index contributed by atoms with van der Waals surface area (Å²) in [5, 5.41) is 3.06. The molecular weight excluding hydrogens is 1000 g/mol. The van der Waals surface area contributed by atoms with Crippen LogP contribution < -0.4 is 5.32 Å². The Kier molecular flexibility index (Phi) is 57.2. The number of unbranched alkanes of at least 4 members (excludes halogenated alkanes) is 37. The maximum absolute atomic E-state index is 13.6. The maximum atomic E-state index is 13.6. The second-order valence-electron chi connectivity index (χ2n) is 24.0. The molecule has 0 aromatic heterocycles. The van der Waals surface area contributed by atoms with Crippen molar-refractivity contribution in [2.24, 2.45) is 0 Å². The number of esters is 1. The number of nitrogens with one attached hydrogen (secondary N) is 1. The van der Waals surface area contributed by atoms with Gasteiger partial charge in [-0.15, -0.1) is 0 Å². The Balaban J connectivity index is 5.09. The van der Waals surface area contributed by atoms with Crippen LogP contribution in [-0.4, -0.2) is 74.3 Å². The highest BCUT2D eigenvalue weighted by molar-refractivity contribution is 7.47. The second-order valence-corrected chi connectivity index (χ2v) is 25.4. The third kappa shape index (κ3) is 60.1. The van der Waals surface area contributed by atoms with Crippen molar-refractivity contribution in [2.75, 3.05) is 40.9 Å². The number of rotatable bonds is 61. The smallest absolute Gasteiger partial charge is 0.456 e. The van der Waals surface area contributed by atoms with Gasteiger partial charge in [0, 0.05) is 12.8 Å². The summed E-state index contributed by atoms with van der Waals surface area (Å²) in [6, 6.07) is -0.851. The number of hydrogen-bond acceptors (Lipinski definition) is 6. The second kappa shape index (κ2) is 58.9. The zero-order valence-electron chi connectivity index (χ0n) is 52.9. The largest absolute Gasteiger partial charge is 0.472 e. The fourth-order valence-corrected chi connectivity index (χ4v) is 10.4. The molecule has 0 spiro atoms. The van der Waals surface area contributed by atoms with E-state index in [1.807, 2.05) is 33.3 Å². The molecule has 0 heterocycles. The monoisotopic (exact) mass is 1130 g/mol. The fourth-order valence-electron chi connectivity index (χ4n) is 9.71. The van der Waals surface area contributed by atoms with Crippen LogP contribution in [0.4, 0.5) is 0 Å². The summed E-state index contributed by atoms with van der Waals surface area (Å²) < 4.78 is 30.8. The molecule has 0 aliphatic rings. The van der Waals surface area contributed by atoms with Crippen molar-refractivity contribution in [3.8, 4) is 0 Å². The van der Waals surface area contributed by atoms with E-state index in [4.69, 9.17) is 13.8 Å². The summed E-state index contributed by atoms with van der Waals surface area (Å²) in [5.74, 6) is -0.502. The molecule has 0 bridgehead atoms. The molecule has 0 aliphatic heterocycles. The minimum absolute atomic E-state index is 0.0390. The Hall–Kier alpha value is -2.29. The lowest BCUT2D eigenvalue weighted by molar-refractivity contribution is -0.870. The van der Waals surface area contributed by atoms with E-state index in [9.17, 15) is 19.0 Å². The number of phosphoric ester groups is 1. The van der Waals surface area contributed by atoms with Gasteiger partial charge in [-0.3, -0.25) is 18.6 Å². The highest BCUT2D eigenvalue weighted by Gasteiger charge is 2.30. The van der Waals surface area contributed by atoms with E-state index in [-0.39, 0.29) is 31.5 Å². The number of carbonyl (C=O) groups is 2. The van der Waals surface area contributed by atoms with Gasteiger partial charge in [0.2, 0.25) is 5.91 Å². The molecule has 9 nitrogen and oxygen atoms in total. The van der Waals surface area contributed by atoms with Crippen LogP contribution in [0.2, 0.25) is 0 Å². The Morgan fingerprint density at radius 1 is 0.443 bits per heavy atom. The van der Waals surface area contributed by atoms with Crippen LogP contribution in [0.15, 0.2) is 60.8 Å². The van der Waals surface area contributed by atoms with Gasteiger partial charge in [0.1, 0.15) is 19.3 Å². The van der Waals surface area contributed by atoms with E-state index in [0.717, 1.165) is 70.6 Å². The summed E-state index contributed by atoms with van der Waals surface area (Å²) in [6.45, 7) is 6.99. The fraction of sp³-hybridized carbons (Fsp3) is 0.826. The van der Waals surface area contributed by atoms with Crippen LogP contribution in [0.25, 0.3) is 0 Å². The maximum Gasteiger partial charge on any atom is 0.472 e. The van der Waals surface area contributed by atoms with Crippen molar-refractivity contribution in [3.05, 3.63) is 60.8 Å². The van der Waals surface area contributed by atoms with Crippen LogP contribution in [-0.2, 0) is 27.9 Å². The molecule has 0 fully saturated rings. The zero-order valence-corrected chi connectivity index (χ0v) is 53.8. The number of allylic oxidation sites excluding steroid dienone is 9. The molecular formula is C69H130N2O7P+. The molecule has 2 N–H and O–H groups in total. The third-order valence-corrected chi connectivity index (χ3v) is 15.9. The molecule has 0 aromatic rings. The molecule has 0 aromatic carbocycles. The molecule has 1 amide bonds. The lowest BCUT2D eigenvalue weighted by Gasteiger charge is -2.27. The van der Waals surface area contributed by atoms with Gasteiger partial charge >= 0.3 is 13.8 Å². The molecule has 79 heavy (non-hydrogen) atoms. The molecule has 0 saturated heterocycles. The molecule has 462 valence electrons. The van der Waals surface area contributed by atoms with Crippen LogP contribution >= 0.6 is 7.82 Å². The predicted molar refractivity (Wildman–Crippen MR) is 342 cm³/mol. The quantitative estimate of drug-likeness (QED) is 0.0205. The Bertz CT molecular complexity index is 1540. The van der Waals surface area contributed by atoms with Gasteiger partial charge in [0.25, 0.3) is 0 Å². The van der Waals surface area contributed by atoms with Crippen molar-refractivity contribution in [1.82, 2.24) is 5.32 Å². The van der Waals surface area contributed by atoms with Crippen molar-refractivity contribution in [2.45, 2.75) is 328 Å². The standard InChI is InChI=1S/C69H129N2O7P/c1-7-10-13-16-19-22-25-27-29-31-33-34-35-36-38-40-42-44-47-50-53-56-59-62-69(73)78-67(60-57-54-51-48-45-24-21-18-15-12-9-3)66(65-77-79(74,75)76-64-63-71(4,5)6)70-68(72)61-58-55-52-49-46-43-41-39-37-32-30-28-26-23-20-17-14-11-8-2/h19-20,22-23,27-30,57,60,66-67H,7-18,21,24-26,31-56,58-59,61-65H2,1-6H3,(H-,70,72,74,75)/p+1/b22-19-,23-20-,29-27-,30-28-,60-57+. The first-order chi connectivity index (χ1) is 38.4. The lowest BCUT2D eigenvalue weighted by atomic mass is 10.0. The van der Waals surface area contributed by atoms with E-state index < -0.39 is 20.0 Å². The summed E-state index contributed by atoms with van der Waals surface area (Å²) in [7, 11) is 1.50. The van der Waals surface area contributed by atoms with Crippen molar-refractivity contribution < 1.29 is 37.3 Å². The van der Waals surface area contributed by atoms with E-state index in [1.54, 1.807) is 0 Å². The van der Waals surface area contributed by atoms with Crippen molar-refractivity contribution in [1.29, 1.82) is 0 Å². The van der Waals surface area contributed by atoms with E-state index >= 15 is 0 Å². The Morgan fingerprint density at radius 3 is 1.16 bits per heavy atom. The Labute approximate surface area is 490 Å². The number of quaternary nitrogens is 1. The van der Waals surface area contributed by atoms with E-state index in [2.05, 4.69) is 74.7 Å². The number of ether oxygens (including phenoxy) is 1. The zero-order chi connectivity index (χ0) is 57.9. The first-order valence-corrected chi connectivity index (χ1v) is 35.1. The molecule has 0 saturated carbocycles. The first-order valence-electron chi connectivity index (χ1n) is 33.6. The summed E-state index contributed by atoms with van der Waals surface area (Å²) in [6.07, 6.45) is 75.1. The minimum Gasteiger partial charge on any atom is -0.456 e. The van der Waals surface area contributed by atoms with Crippen LogP contribution in [0.5, 0.6) is 0 Å². The summed E-state index contributed by atoms with van der Waals surface area (Å²) >= 11 is 0. The molecule has 0 radical (unpaired) electrons. The first kappa shape index (κ1) is 76.7. The highest BCUT2D eigenvalue weighted by atomic mass is 31.2. The molecule has 10 heteroatoms. The van der Waals surface area contributed by atoms with Gasteiger partial charge in [0.15, 0.2) is 0 Å². The lowest BCUT2D eigenvalue weighted by Crippen LogP contribution is -2.47. The van der Waals surface area contributed by atoms with Gasteiger partial charge in [0.05, 0.1) is 33.8 Å². The van der Waals surface area contributed by atoms with Gasteiger partial charge in [-0.1, -0.05) is 268 Å². The van der Waals surface area contributed by atoms with Crippen LogP contribution in [0.3, 0.4) is 0 Å². The van der Waals surface area contributed by atoms with Crippen LogP contribution in [0, 0.1) is 0 Å². The molecule has 0 aliphatic carbocycles. The topological polar surface area (TPSA) is 111 Å². The number of hydrogen-bond donors (Lipinski definition) is 2. The van der Waals surface area contributed by atoms with Crippen molar-refractivity contribution in [3.63, 3.8) is 0 Å². The normalized spacial score (nSPS) is 14.0. The molecule has 3 unspecified atom stereocenters. The minimum atomic E-state index is -4.45. The average molecular weight is 1130 g/mol. The number of amides is 1. The summed E-state index contributed by atoms with van der Waals surface area (Å²) in [5.41, 5.74) is 0. The van der Waals surface area contributed by atoms with Gasteiger partial charge < -0.3 is 19.4 Å². The van der Waals surface area contributed by atoms with E-state index in [1.165, 1.54) is 212 Å². The number of likely N-dealkylation sites (N-methyl/N-ethyl adjacent to an activating group) is 1. The molecule has 0 rings (SSSR count). The highest BCUT2D eigenvalue weighted by Crippen LogP contribution is 2.43. The molecule has 3 atom stereocenters. The van der Waals surface area contributed by atoms with Gasteiger partial charge in [-0.25, -0.2) is 4.57 Å². The van der Waals surface area contributed by atoms with Crippen molar-refractivity contribution >= 4 is 19.7 Å². The number of carbonyl (C=O) groups excluding carboxylic acids is 2. The third-order valence-electron chi connectivity index (χ3n) is 14.9. The number of nitrogens with zero attached hydrogens (tertiary/aromatic N) is 1. The summed E-state index contributed by atoms with van der Waals surface area (Å²) in [4.78, 5) is 37.8.